The second-order valence-corrected chi connectivity index (χ2v) is 6.49. The molecule has 0 saturated heterocycles. The van der Waals surface area contributed by atoms with Gasteiger partial charge in [0.15, 0.2) is 0 Å². The Morgan fingerprint density at radius 3 is 3.00 bits per heavy atom. The van der Waals surface area contributed by atoms with Gasteiger partial charge >= 0.3 is 0 Å². The van der Waals surface area contributed by atoms with Crippen LogP contribution >= 0.6 is 11.6 Å². The molecule has 0 aliphatic carbocycles. The number of halogens is 2. The van der Waals surface area contributed by atoms with Gasteiger partial charge in [0.05, 0.1) is 35.5 Å². The molecule has 1 N–H and O–H groups in total. The number of amides is 1. The molecule has 1 aliphatic rings. The van der Waals surface area contributed by atoms with Crippen molar-refractivity contribution in [2.24, 2.45) is 7.05 Å². The van der Waals surface area contributed by atoms with Gasteiger partial charge in [-0.2, -0.15) is 5.10 Å². The first-order valence-corrected chi connectivity index (χ1v) is 8.15. The third-order valence-electron chi connectivity index (χ3n) is 4.41. The fourth-order valence-corrected chi connectivity index (χ4v) is 3.29. The molecule has 3 aromatic rings. The van der Waals surface area contributed by atoms with Crippen molar-refractivity contribution in [1.29, 1.82) is 0 Å². The highest BCUT2D eigenvalue weighted by atomic mass is 35.5. The Morgan fingerprint density at radius 1 is 1.44 bits per heavy atom. The Labute approximate surface area is 148 Å². The predicted octanol–water partition coefficient (Wildman–Crippen LogP) is 2.72. The van der Waals surface area contributed by atoms with Crippen molar-refractivity contribution in [3.8, 4) is 0 Å². The summed E-state index contributed by atoms with van der Waals surface area (Å²) in [6.07, 6.45) is 5.32. The monoisotopic (exact) mass is 359 g/mol. The van der Waals surface area contributed by atoms with Crippen molar-refractivity contribution in [3.05, 3.63) is 70.3 Å². The number of benzene rings is 1. The minimum Gasteiger partial charge on any atom is -0.347 e. The van der Waals surface area contributed by atoms with Crippen LogP contribution in [0.15, 0.2) is 36.9 Å². The number of hydrogen-bond acceptors (Lipinski definition) is 3. The summed E-state index contributed by atoms with van der Waals surface area (Å²) in [4.78, 5) is 22.0. The Morgan fingerprint density at radius 2 is 2.28 bits per heavy atom. The van der Waals surface area contributed by atoms with Crippen LogP contribution in [0.4, 0.5) is 4.39 Å². The molecule has 1 amide bonds. The van der Waals surface area contributed by atoms with Crippen molar-refractivity contribution >= 4 is 17.5 Å². The Kier molecular flexibility index (Phi) is 3.80. The van der Waals surface area contributed by atoms with Crippen molar-refractivity contribution < 1.29 is 9.18 Å². The van der Waals surface area contributed by atoms with Crippen LogP contribution < -0.4 is 0 Å². The summed E-state index contributed by atoms with van der Waals surface area (Å²) in [6, 6.07) is 4.11. The molecule has 6 nitrogen and oxygen atoms in total. The first-order chi connectivity index (χ1) is 12.0. The van der Waals surface area contributed by atoms with Gasteiger partial charge in [-0.25, -0.2) is 9.37 Å². The van der Waals surface area contributed by atoms with Crippen molar-refractivity contribution in [1.82, 2.24) is 24.6 Å². The molecule has 25 heavy (non-hydrogen) atoms. The van der Waals surface area contributed by atoms with Gasteiger partial charge in [0, 0.05) is 36.8 Å². The first kappa shape index (κ1) is 15.8. The van der Waals surface area contributed by atoms with E-state index in [-0.39, 0.29) is 22.4 Å². The number of rotatable bonds is 2. The highest BCUT2D eigenvalue weighted by Crippen LogP contribution is 2.32. The maximum atomic E-state index is 13.7. The average molecular weight is 360 g/mol. The first-order valence-electron chi connectivity index (χ1n) is 7.78. The lowest BCUT2D eigenvalue weighted by Gasteiger charge is -2.31. The van der Waals surface area contributed by atoms with Gasteiger partial charge in [-0.15, -0.1) is 0 Å². The molecule has 1 atom stereocenters. The number of fused-ring (bicyclic) bond motifs is 1. The smallest absolute Gasteiger partial charge is 0.254 e. The molecule has 1 aromatic carbocycles. The lowest BCUT2D eigenvalue weighted by molar-refractivity contribution is 0.0721. The molecular formula is C17H15ClFN5O. The van der Waals surface area contributed by atoms with Crippen LogP contribution in [-0.4, -0.2) is 37.1 Å². The van der Waals surface area contributed by atoms with Crippen molar-refractivity contribution in [3.63, 3.8) is 0 Å². The molecule has 0 bridgehead atoms. The van der Waals surface area contributed by atoms with E-state index in [0.29, 0.717) is 13.1 Å². The average Bonchev–Trinajstić information content (AvgIpc) is 3.24. The van der Waals surface area contributed by atoms with Gasteiger partial charge in [-0.1, -0.05) is 11.6 Å². The fraction of sp³-hybridized carbons (Fsp3) is 0.235. The highest BCUT2D eigenvalue weighted by molar-refractivity contribution is 6.30. The minimum absolute atomic E-state index is 0.000662. The van der Waals surface area contributed by atoms with E-state index in [2.05, 4.69) is 15.1 Å². The molecule has 1 aliphatic heterocycles. The third kappa shape index (κ3) is 2.80. The van der Waals surface area contributed by atoms with Gasteiger partial charge in [-0.05, 0) is 18.2 Å². The summed E-state index contributed by atoms with van der Waals surface area (Å²) in [7, 11) is 1.84. The minimum atomic E-state index is -0.601. The van der Waals surface area contributed by atoms with E-state index in [9.17, 15) is 9.18 Å². The van der Waals surface area contributed by atoms with Crippen LogP contribution in [0.5, 0.6) is 0 Å². The van der Waals surface area contributed by atoms with Gasteiger partial charge < -0.3 is 9.88 Å². The maximum Gasteiger partial charge on any atom is 0.254 e. The summed E-state index contributed by atoms with van der Waals surface area (Å²) >= 11 is 5.71. The molecule has 128 valence electrons. The van der Waals surface area contributed by atoms with E-state index in [4.69, 9.17) is 11.6 Å². The van der Waals surface area contributed by atoms with Gasteiger partial charge in [0.2, 0.25) is 0 Å². The zero-order valence-electron chi connectivity index (χ0n) is 13.4. The van der Waals surface area contributed by atoms with Crippen LogP contribution in [0.25, 0.3) is 0 Å². The summed E-state index contributed by atoms with van der Waals surface area (Å²) in [5, 5.41) is 4.21. The number of aromatic nitrogens is 4. The lowest BCUT2D eigenvalue weighted by atomic mass is 9.92. The van der Waals surface area contributed by atoms with Crippen LogP contribution in [-0.2, 0) is 13.6 Å². The number of nitrogens with zero attached hydrogens (tertiary/aromatic N) is 4. The summed E-state index contributed by atoms with van der Waals surface area (Å²) < 4.78 is 15.4. The second kappa shape index (κ2) is 6.00. The Balaban J connectivity index is 1.67. The number of carbonyl (C=O) groups excluding carboxylic acids is 1. The summed E-state index contributed by atoms with van der Waals surface area (Å²) in [5.74, 6) is -0.926. The van der Waals surface area contributed by atoms with Crippen LogP contribution in [0.2, 0.25) is 5.02 Å². The van der Waals surface area contributed by atoms with E-state index in [1.807, 2.05) is 13.2 Å². The van der Waals surface area contributed by atoms with Gasteiger partial charge in [-0.3, -0.25) is 9.48 Å². The lowest BCUT2D eigenvalue weighted by Crippen LogP contribution is -2.38. The number of aryl methyl sites for hydroxylation is 1. The number of nitrogens with one attached hydrogen (secondary N) is 1. The molecule has 1 unspecified atom stereocenters. The number of imidazole rings is 1. The number of carbonyl (C=O) groups is 1. The number of H-pyrrole nitrogens is 1. The van der Waals surface area contributed by atoms with Crippen LogP contribution in [0.3, 0.4) is 0 Å². The quantitative estimate of drug-likeness (QED) is 0.765. The molecule has 0 spiro atoms. The van der Waals surface area contributed by atoms with Crippen molar-refractivity contribution in [2.75, 3.05) is 6.54 Å². The molecule has 0 saturated carbocycles. The van der Waals surface area contributed by atoms with Gasteiger partial charge in [0.1, 0.15) is 5.82 Å². The summed E-state index contributed by atoms with van der Waals surface area (Å²) in [5.41, 5.74) is 3.05. The number of aromatic amines is 1. The highest BCUT2D eigenvalue weighted by Gasteiger charge is 2.32. The largest absolute Gasteiger partial charge is 0.347 e. The second-order valence-electron chi connectivity index (χ2n) is 6.08. The topological polar surface area (TPSA) is 66.8 Å². The third-order valence-corrected chi connectivity index (χ3v) is 4.72. The van der Waals surface area contributed by atoms with E-state index in [0.717, 1.165) is 17.0 Å². The Bertz CT molecular complexity index is 950. The van der Waals surface area contributed by atoms with Crippen LogP contribution in [0.1, 0.15) is 33.2 Å². The standard InChI is InChI=1S/C17H15ClFN5O/c1-23-6-11(5-22-23)12-7-24(8-15-16(12)21-9-20-15)17(25)10-2-3-13(18)14(19)4-10/h2-6,9,12H,7-8H2,1H3,(H,20,21). The molecule has 8 heteroatoms. The van der Waals surface area contributed by atoms with E-state index in [1.54, 1.807) is 22.1 Å². The zero-order valence-corrected chi connectivity index (χ0v) is 14.2. The summed E-state index contributed by atoms with van der Waals surface area (Å²) in [6.45, 7) is 0.849. The van der Waals surface area contributed by atoms with E-state index < -0.39 is 5.82 Å². The zero-order chi connectivity index (χ0) is 17.6. The normalized spacial score (nSPS) is 16.8. The molecule has 0 radical (unpaired) electrons. The number of hydrogen-bond donors (Lipinski definition) is 1. The van der Waals surface area contributed by atoms with E-state index in [1.165, 1.54) is 18.2 Å². The predicted molar refractivity (Wildman–Crippen MR) is 89.8 cm³/mol. The fourth-order valence-electron chi connectivity index (χ4n) is 3.17. The van der Waals surface area contributed by atoms with Crippen LogP contribution in [0, 0.1) is 5.82 Å². The molecule has 4 rings (SSSR count). The Hall–Kier alpha value is -2.67. The SMILES string of the molecule is Cn1cc(C2CN(C(=O)c3ccc(Cl)c(F)c3)Cc3[nH]cnc32)cn1. The maximum absolute atomic E-state index is 13.7. The van der Waals surface area contributed by atoms with Gasteiger partial charge in [0.25, 0.3) is 5.91 Å². The van der Waals surface area contributed by atoms with E-state index >= 15 is 0 Å². The molecule has 2 aromatic heterocycles. The van der Waals surface area contributed by atoms with Crippen molar-refractivity contribution in [2.45, 2.75) is 12.5 Å². The molecule has 0 fully saturated rings. The molecular weight excluding hydrogens is 345 g/mol. The molecule has 3 heterocycles.